The fourth-order valence-electron chi connectivity index (χ4n) is 6.71. The standard InChI is InChI=1S/C11H20O3.C7H14N2O3.C7H12O3.2C6H13NO2.C6H12O3.C6H10O3.2C6H12O2.C5H11NO2S.C5H8O3.C4H9NO3.C4H9NO2/c1-10(12)8-6-4-2-3-5-7-9-11(13)14;1-5(10)9-4-2-3-6(8)7(11)12;1-6(8)4-2-3-5-7(9)10;1-4(2)3-5(7)6(8)9;1-2-3-4-5(7)6(8)9;1-4(2)3-5(7)6(8)9;1-3-4(2)5(7)6(8)9;1-5(2)3-4-6(7)8;1-3-5(2)4-6(7)8;1-9-3-2-4(6)5(7)8;1-2-4(6)3-5(7)8;1-2(6)3(5)4(7)8;1-2-3(5)4(6)7/h2-9H2,1H3,(H,13,14);6H,2-4,8H2,1H3,(H,9,10)(H,11,12);2-5H2,1H3,(H,9,10);4-5H,3,7H2,1-2H3,(H,8,9);5H,2-4,7H2,1H3,(H,8,9);4-5,7H,3H2,1-2H3,(H,8,9);4H,3H2,1-2H3,(H,8,9);2*5H,3-4H2,1-2H3,(H,7,8);4H,2-3,6H2,1H3,(H,7,8);2-3H2,1H3,(H,7,8);2-3,6H,5H2,1H3,(H,7,8);3H,2,5H2,1H3,(H,6,7)/t;6-;;2*5-;;;;;4-;;2-,3+;/m.0.00....0.1./s1. The van der Waals surface area contributed by atoms with E-state index in [2.05, 4.69) is 5.32 Å². The number of ketones is 4. The molecule has 10 atom stereocenters. The third-order valence-electron chi connectivity index (χ3n) is 14.6. The van der Waals surface area contributed by atoms with Gasteiger partial charge in [-0.3, -0.25) is 67.1 Å². The van der Waals surface area contributed by atoms with E-state index in [0.717, 1.165) is 70.0 Å². The van der Waals surface area contributed by atoms with E-state index >= 15 is 0 Å². The monoisotopic (exact) mass is 1760 g/mol. The van der Waals surface area contributed by atoms with Crippen LogP contribution in [0.4, 0.5) is 0 Å². The zero-order valence-corrected chi connectivity index (χ0v) is 75.0. The summed E-state index contributed by atoms with van der Waals surface area (Å²) < 4.78 is 0. The number of nitrogens with two attached hydrogens (primary N) is 6. The van der Waals surface area contributed by atoms with Crippen LogP contribution in [0.1, 0.15) is 297 Å². The van der Waals surface area contributed by atoms with Crippen LogP contribution in [0.5, 0.6) is 0 Å². The summed E-state index contributed by atoms with van der Waals surface area (Å²) >= 11 is 1.60. The van der Waals surface area contributed by atoms with E-state index in [4.69, 9.17) is 111 Å². The van der Waals surface area contributed by atoms with E-state index < -0.39 is 132 Å². The van der Waals surface area contributed by atoms with Crippen LogP contribution in [-0.4, -0.2) is 250 Å². The van der Waals surface area contributed by atoms with Crippen molar-refractivity contribution in [1.29, 1.82) is 0 Å². The maximum absolute atomic E-state index is 10.6. The molecule has 41 heteroatoms. The molecule has 28 N–H and O–H groups in total. The highest BCUT2D eigenvalue weighted by Gasteiger charge is 2.19. The molecule has 710 valence electrons. The molecule has 0 heterocycles. The number of thioether (sulfide) groups is 1. The van der Waals surface area contributed by atoms with E-state index in [1.807, 2.05) is 68.6 Å². The molecular formula is C79H155N7O33S. The molecule has 4 unspecified atom stereocenters. The van der Waals surface area contributed by atoms with Crippen molar-refractivity contribution in [2.45, 2.75) is 346 Å². The summed E-state index contributed by atoms with van der Waals surface area (Å²) in [5.41, 5.74) is 30.8. The van der Waals surface area contributed by atoms with Crippen LogP contribution >= 0.6 is 11.8 Å². The van der Waals surface area contributed by atoms with Gasteiger partial charge in [-0.15, -0.1) is 0 Å². The summed E-state index contributed by atoms with van der Waals surface area (Å²) in [6.45, 7) is 30.7. The van der Waals surface area contributed by atoms with Crippen molar-refractivity contribution in [3.8, 4) is 0 Å². The summed E-state index contributed by atoms with van der Waals surface area (Å²) in [6, 6.07) is -4.69. The Morgan fingerprint density at radius 1 is 0.367 bits per heavy atom. The van der Waals surface area contributed by atoms with E-state index in [-0.39, 0.29) is 54.4 Å². The van der Waals surface area contributed by atoms with Crippen molar-refractivity contribution in [2.24, 2.45) is 64.0 Å². The van der Waals surface area contributed by atoms with Crippen molar-refractivity contribution < 1.29 is 163 Å². The Labute approximate surface area is 712 Å². The molecule has 0 saturated carbocycles. The minimum Gasteiger partial charge on any atom is -0.481 e. The summed E-state index contributed by atoms with van der Waals surface area (Å²) in [5.74, 6) is -11.0. The van der Waals surface area contributed by atoms with Gasteiger partial charge in [-0.2, -0.15) is 11.8 Å². The minimum atomic E-state index is -1.33. The third-order valence-corrected chi connectivity index (χ3v) is 15.3. The van der Waals surface area contributed by atoms with E-state index in [0.29, 0.717) is 121 Å². The largest absolute Gasteiger partial charge is 0.481 e. The minimum absolute atomic E-state index is 0.112. The van der Waals surface area contributed by atoms with Crippen LogP contribution in [0.3, 0.4) is 0 Å². The fourth-order valence-corrected chi connectivity index (χ4v) is 7.20. The molecule has 120 heavy (non-hydrogen) atoms. The van der Waals surface area contributed by atoms with Crippen LogP contribution in [0.25, 0.3) is 0 Å². The van der Waals surface area contributed by atoms with Gasteiger partial charge in [-0.25, -0.2) is 9.59 Å². The zero-order chi connectivity index (χ0) is 97.5. The van der Waals surface area contributed by atoms with Gasteiger partial charge in [0.1, 0.15) is 60.0 Å². The van der Waals surface area contributed by atoms with Crippen molar-refractivity contribution in [1.82, 2.24) is 5.32 Å². The van der Waals surface area contributed by atoms with Crippen molar-refractivity contribution >= 4 is 118 Å². The average Bonchev–Trinajstić information content (AvgIpc) is 0.971. The van der Waals surface area contributed by atoms with Crippen molar-refractivity contribution in [3.05, 3.63) is 0 Å². The molecule has 0 aliphatic carbocycles. The number of aliphatic hydroxyl groups excluding tert-OH is 2. The highest BCUT2D eigenvalue weighted by atomic mass is 32.2. The topological polar surface area (TPSA) is 779 Å². The molecule has 1 amide bonds. The predicted molar refractivity (Wildman–Crippen MR) is 454 cm³/mol. The predicted octanol–water partition coefficient (Wildman–Crippen LogP) is 7.71. The molecule has 0 aromatic heterocycles. The lowest BCUT2D eigenvalue weighted by Crippen LogP contribution is -2.39. The fraction of sp³-hybridized carbons (Fsp3) is 0.772. The molecule has 40 nitrogen and oxygen atoms in total. The van der Waals surface area contributed by atoms with Crippen LogP contribution in [0.2, 0.25) is 0 Å². The number of carboxylic acids is 13. The first kappa shape index (κ1) is 140. The molecule has 0 bridgehead atoms. The number of hydrogen-bond acceptors (Lipinski definition) is 27. The van der Waals surface area contributed by atoms with Crippen LogP contribution in [0.15, 0.2) is 0 Å². The lowest BCUT2D eigenvalue weighted by molar-refractivity contribution is -0.150. The van der Waals surface area contributed by atoms with Gasteiger partial charge in [-0.05, 0) is 140 Å². The first-order chi connectivity index (χ1) is 55.0. The Bertz CT molecular complexity index is 2660. The quantitative estimate of drug-likeness (QED) is 0.0157. The van der Waals surface area contributed by atoms with Crippen LogP contribution in [-0.2, 0) is 86.3 Å². The van der Waals surface area contributed by atoms with Gasteiger partial charge in [-0.1, -0.05) is 135 Å². The molecule has 0 spiro atoms. The molecule has 0 aliphatic heterocycles. The van der Waals surface area contributed by atoms with Crippen LogP contribution < -0.4 is 39.7 Å². The van der Waals surface area contributed by atoms with Crippen molar-refractivity contribution in [2.75, 3.05) is 18.6 Å². The number of hydrogen-bond donors (Lipinski definition) is 22. The Morgan fingerprint density at radius 2 is 0.733 bits per heavy atom. The smallest absolute Gasteiger partial charge is 0.372 e. The average molecular weight is 1760 g/mol. The molecule has 0 saturated heterocycles. The molecule has 0 aliphatic rings. The number of unbranched alkanes of at least 4 members (excludes halogenated alkanes) is 7. The normalized spacial score (nSPS) is 12.2. The van der Waals surface area contributed by atoms with Gasteiger partial charge in [0.25, 0.3) is 0 Å². The first-order valence-electron chi connectivity index (χ1n) is 39.6. The van der Waals surface area contributed by atoms with Gasteiger partial charge >= 0.3 is 77.6 Å². The molecule has 0 aromatic rings. The molecular weight excluding hydrogens is 1610 g/mol. The molecule has 0 radical (unpaired) electrons. The van der Waals surface area contributed by atoms with Gasteiger partial charge < -0.3 is 126 Å². The Morgan fingerprint density at radius 3 is 0.933 bits per heavy atom. The molecule has 0 rings (SSSR count). The first-order valence-corrected chi connectivity index (χ1v) is 41.0. The van der Waals surface area contributed by atoms with Gasteiger partial charge in [0.15, 0.2) is 6.10 Å². The maximum Gasteiger partial charge on any atom is 0.372 e. The van der Waals surface area contributed by atoms with Crippen molar-refractivity contribution in [3.63, 3.8) is 0 Å². The molecule has 0 aromatic carbocycles. The SMILES string of the molecule is CC(=O)CCCCC(=O)O.CC(=O)CCCCCCCCC(=O)O.CC(=O)NCCC[C@H](N)C(=O)O.CC(C)CC(O)C(=O)O.CC(C)CCC(=O)O.CC(C)C[C@H](N)C(=O)O.CCC(=O)CC(=O)O.CCC(C)C(=O)C(=O)O.CCC(C)CC(=O)O.CCC(N)C(=O)O.CCCC[C@H](N)C(=O)O.CSCC[C@H](N)C(=O)O.C[C@@H](O)[C@H](N)C(=O)O. The summed E-state index contributed by atoms with van der Waals surface area (Å²) in [4.78, 5) is 182. The van der Waals surface area contributed by atoms with Gasteiger partial charge in [0.05, 0.1) is 6.10 Å². The number of carbonyl (C=O) groups excluding carboxylic acids is 5. The summed E-state index contributed by atoms with van der Waals surface area (Å²) in [6.07, 6.45) is 17.1. The molecule has 0 fully saturated rings. The number of aliphatic carboxylic acids is 13. The number of carboxylic acid groups (broad SMARTS) is 13. The van der Waals surface area contributed by atoms with Gasteiger partial charge in [0, 0.05) is 64.3 Å². The number of aliphatic hydroxyl groups is 2. The Balaban J connectivity index is -0.0000000943. The second-order valence-corrected chi connectivity index (χ2v) is 29.3. The van der Waals surface area contributed by atoms with E-state index in [1.54, 1.807) is 46.4 Å². The third kappa shape index (κ3) is 147. The maximum atomic E-state index is 10.6. The lowest BCUT2D eigenvalue weighted by Gasteiger charge is -2.07. The van der Waals surface area contributed by atoms with E-state index in [9.17, 15) is 86.3 Å². The zero-order valence-electron chi connectivity index (χ0n) is 74.1. The Hall–Kier alpha value is -8.71. The number of amides is 1. The second-order valence-electron chi connectivity index (χ2n) is 28.3. The second kappa shape index (κ2) is 97.4. The highest BCUT2D eigenvalue weighted by Crippen LogP contribution is 2.10. The summed E-state index contributed by atoms with van der Waals surface area (Å²) in [5, 5.41) is 126. The highest BCUT2D eigenvalue weighted by molar-refractivity contribution is 7.98. The lowest BCUT2D eigenvalue weighted by atomic mass is 10.0. The van der Waals surface area contributed by atoms with Crippen LogP contribution in [0, 0.1) is 29.6 Å². The van der Waals surface area contributed by atoms with E-state index in [1.165, 1.54) is 20.8 Å². The Kier molecular flexibility index (Phi) is 114. The number of nitrogens with one attached hydrogen (secondary N) is 1. The number of carbonyl (C=O) groups is 18. The summed E-state index contributed by atoms with van der Waals surface area (Å²) in [7, 11) is 0. The number of Topliss-reactive ketones (excluding diaryl/α,β-unsaturated/α-hetero) is 4. The van der Waals surface area contributed by atoms with Gasteiger partial charge in [0.2, 0.25) is 11.7 Å². The number of rotatable bonds is 49.